The van der Waals surface area contributed by atoms with Crippen LogP contribution >= 0.6 is 0 Å². The molecule has 0 amide bonds. The fourth-order valence-electron chi connectivity index (χ4n) is 3.10. The summed E-state index contributed by atoms with van der Waals surface area (Å²) in [7, 11) is 0. The number of aromatic nitrogens is 1. The molecule has 2 fully saturated rings. The summed E-state index contributed by atoms with van der Waals surface area (Å²) in [6.07, 6.45) is 7.86. The lowest BCUT2D eigenvalue weighted by Gasteiger charge is -2.15. The minimum absolute atomic E-state index is 0.354. The predicted molar refractivity (Wildman–Crippen MR) is 84.5 cm³/mol. The predicted octanol–water partition coefficient (Wildman–Crippen LogP) is 3.81. The SMILES string of the molecule is c1ccc2c(OC3CCCC3)nc(CNC3CC3)cc2c1. The smallest absolute Gasteiger partial charge is 0.221 e. The van der Waals surface area contributed by atoms with Gasteiger partial charge in [-0.05, 0) is 56.0 Å². The van der Waals surface area contributed by atoms with E-state index >= 15 is 0 Å². The molecule has 2 aliphatic carbocycles. The normalized spacial score (nSPS) is 19.2. The summed E-state index contributed by atoms with van der Waals surface area (Å²) in [4.78, 5) is 4.78. The standard InChI is InChI=1S/C18H22N2O/c1-4-8-17-13(5-1)11-15(12-19-14-9-10-14)20-18(17)21-16-6-2-3-7-16/h1,4-5,8,11,14,16,19H,2-3,6-7,9-10,12H2. The zero-order chi connectivity index (χ0) is 14.1. The van der Waals surface area contributed by atoms with Crippen LogP contribution in [0.3, 0.4) is 0 Å². The van der Waals surface area contributed by atoms with E-state index in [1.54, 1.807) is 0 Å². The number of nitrogens with zero attached hydrogens (tertiary/aromatic N) is 1. The Morgan fingerprint density at radius 3 is 2.71 bits per heavy atom. The van der Waals surface area contributed by atoms with Crippen LogP contribution in [-0.4, -0.2) is 17.1 Å². The van der Waals surface area contributed by atoms with E-state index in [0.717, 1.165) is 23.5 Å². The molecule has 3 heteroatoms. The van der Waals surface area contributed by atoms with Gasteiger partial charge in [-0.2, -0.15) is 0 Å². The molecule has 1 heterocycles. The van der Waals surface area contributed by atoms with E-state index in [1.165, 1.54) is 43.9 Å². The molecule has 2 aliphatic rings. The second kappa shape index (κ2) is 5.64. The molecule has 0 aliphatic heterocycles. The average Bonchev–Trinajstić information content (AvgIpc) is 3.21. The summed E-state index contributed by atoms with van der Waals surface area (Å²) in [6.45, 7) is 0.844. The second-order valence-electron chi connectivity index (χ2n) is 6.32. The molecular weight excluding hydrogens is 260 g/mol. The van der Waals surface area contributed by atoms with Gasteiger partial charge in [0.25, 0.3) is 0 Å². The maximum atomic E-state index is 6.21. The van der Waals surface area contributed by atoms with Gasteiger partial charge in [-0.3, -0.25) is 0 Å². The van der Waals surface area contributed by atoms with Crippen LogP contribution in [0.15, 0.2) is 30.3 Å². The fourth-order valence-corrected chi connectivity index (χ4v) is 3.10. The summed E-state index contributed by atoms with van der Waals surface area (Å²) in [5, 5.41) is 5.91. The van der Waals surface area contributed by atoms with E-state index in [9.17, 15) is 0 Å². The lowest BCUT2D eigenvalue weighted by Crippen LogP contribution is -2.17. The van der Waals surface area contributed by atoms with Crippen molar-refractivity contribution in [3.05, 3.63) is 36.0 Å². The largest absolute Gasteiger partial charge is 0.474 e. The zero-order valence-electron chi connectivity index (χ0n) is 12.3. The number of benzene rings is 1. The van der Waals surface area contributed by atoms with E-state index in [-0.39, 0.29) is 0 Å². The molecular formula is C18H22N2O. The van der Waals surface area contributed by atoms with Gasteiger partial charge in [-0.15, -0.1) is 0 Å². The van der Waals surface area contributed by atoms with Crippen molar-refractivity contribution in [2.45, 2.75) is 57.2 Å². The Balaban J connectivity index is 1.63. The molecule has 2 saturated carbocycles. The highest BCUT2D eigenvalue weighted by Crippen LogP contribution is 2.29. The van der Waals surface area contributed by atoms with Gasteiger partial charge in [0.2, 0.25) is 5.88 Å². The molecule has 1 N–H and O–H groups in total. The van der Waals surface area contributed by atoms with Crippen LogP contribution in [0.2, 0.25) is 0 Å². The van der Waals surface area contributed by atoms with Crippen molar-refractivity contribution < 1.29 is 4.74 Å². The van der Waals surface area contributed by atoms with Gasteiger partial charge in [0.05, 0.1) is 5.69 Å². The van der Waals surface area contributed by atoms with Gasteiger partial charge in [0.15, 0.2) is 0 Å². The molecule has 1 aromatic carbocycles. The summed E-state index contributed by atoms with van der Waals surface area (Å²) in [6, 6.07) is 11.3. The van der Waals surface area contributed by atoms with Crippen LogP contribution in [0.1, 0.15) is 44.2 Å². The van der Waals surface area contributed by atoms with Crippen molar-refractivity contribution in [2.24, 2.45) is 0 Å². The van der Waals surface area contributed by atoms with Crippen molar-refractivity contribution in [1.82, 2.24) is 10.3 Å². The number of nitrogens with one attached hydrogen (secondary N) is 1. The number of fused-ring (bicyclic) bond motifs is 1. The van der Waals surface area contributed by atoms with Crippen molar-refractivity contribution in [3.8, 4) is 5.88 Å². The Morgan fingerprint density at radius 2 is 1.90 bits per heavy atom. The van der Waals surface area contributed by atoms with Crippen molar-refractivity contribution in [3.63, 3.8) is 0 Å². The maximum Gasteiger partial charge on any atom is 0.221 e. The lowest BCUT2D eigenvalue weighted by molar-refractivity contribution is 0.204. The van der Waals surface area contributed by atoms with Crippen molar-refractivity contribution in [2.75, 3.05) is 0 Å². The first-order valence-electron chi connectivity index (χ1n) is 8.17. The highest BCUT2D eigenvalue weighted by molar-refractivity contribution is 5.87. The van der Waals surface area contributed by atoms with Gasteiger partial charge in [0, 0.05) is 18.0 Å². The maximum absolute atomic E-state index is 6.21. The fraction of sp³-hybridized carbons (Fsp3) is 0.500. The molecule has 4 rings (SSSR count). The Kier molecular flexibility index (Phi) is 3.52. The van der Waals surface area contributed by atoms with Crippen LogP contribution in [0.4, 0.5) is 0 Å². The quantitative estimate of drug-likeness (QED) is 0.905. The number of pyridine rings is 1. The Morgan fingerprint density at radius 1 is 1.10 bits per heavy atom. The molecule has 0 spiro atoms. The van der Waals surface area contributed by atoms with Crippen molar-refractivity contribution >= 4 is 10.8 Å². The monoisotopic (exact) mass is 282 g/mol. The third-order valence-electron chi connectivity index (χ3n) is 4.49. The van der Waals surface area contributed by atoms with E-state index in [2.05, 4.69) is 35.6 Å². The number of hydrogen-bond donors (Lipinski definition) is 1. The summed E-state index contributed by atoms with van der Waals surface area (Å²) in [5.74, 6) is 0.826. The van der Waals surface area contributed by atoms with Gasteiger partial charge >= 0.3 is 0 Å². The summed E-state index contributed by atoms with van der Waals surface area (Å²) in [5.41, 5.74) is 1.09. The minimum atomic E-state index is 0.354. The summed E-state index contributed by atoms with van der Waals surface area (Å²) >= 11 is 0. The first-order chi connectivity index (χ1) is 10.4. The van der Waals surface area contributed by atoms with E-state index in [1.807, 2.05) is 0 Å². The van der Waals surface area contributed by atoms with Gasteiger partial charge in [-0.25, -0.2) is 4.98 Å². The third kappa shape index (κ3) is 3.03. The average molecular weight is 282 g/mol. The third-order valence-corrected chi connectivity index (χ3v) is 4.49. The highest BCUT2D eigenvalue weighted by Gasteiger charge is 2.21. The number of hydrogen-bond acceptors (Lipinski definition) is 3. The van der Waals surface area contributed by atoms with E-state index in [0.29, 0.717) is 12.1 Å². The Bertz CT molecular complexity index is 630. The molecule has 1 aromatic heterocycles. The molecule has 21 heavy (non-hydrogen) atoms. The Hall–Kier alpha value is -1.61. The molecule has 0 atom stereocenters. The topological polar surface area (TPSA) is 34.1 Å². The molecule has 3 nitrogen and oxygen atoms in total. The molecule has 110 valence electrons. The Labute approximate surface area is 125 Å². The van der Waals surface area contributed by atoms with Gasteiger partial charge < -0.3 is 10.1 Å². The van der Waals surface area contributed by atoms with Crippen LogP contribution in [0, 0.1) is 0 Å². The first-order valence-corrected chi connectivity index (χ1v) is 8.17. The van der Waals surface area contributed by atoms with Crippen LogP contribution in [0.25, 0.3) is 10.8 Å². The summed E-state index contributed by atoms with van der Waals surface area (Å²) < 4.78 is 6.21. The van der Waals surface area contributed by atoms with Gasteiger partial charge in [-0.1, -0.05) is 18.2 Å². The molecule has 0 unspecified atom stereocenters. The molecule has 0 saturated heterocycles. The number of ether oxygens (including phenoxy) is 1. The van der Waals surface area contributed by atoms with E-state index in [4.69, 9.17) is 9.72 Å². The van der Waals surface area contributed by atoms with Crippen molar-refractivity contribution in [1.29, 1.82) is 0 Å². The van der Waals surface area contributed by atoms with Gasteiger partial charge in [0.1, 0.15) is 6.10 Å². The molecule has 0 radical (unpaired) electrons. The van der Waals surface area contributed by atoms with Crippen LogP contribution in [-0.2, 0) is 6.54 Å². The minimum Gasteiger partial charge on any atom is -0.474 e. The molecule has 2 aromatic rings. The number of rotatable bonds is 5. The van der Waals surface area contributed by atoms with E-state index < -0.39 is 0 Å². The second-order valence-corrected chi connectivity index (χ2v) is 6.32. The van der Waals surface area contributed by atoms with Crippen LogP contribution < -0.4 is 10.1 Å². The lowest BCUT2D eigenvalue weighted by atomic mass is 10.1. The zero-order valence-corrected chi connectivity index (χ0v) is 12.3. The molecule has 0 bridgehead atoms. The first kappa shape index (κ1) is 13.1. The highest BCUT2D eigenvalue weighted by atomic mass is 16.5. The van der Waals surface area contributed by atoms with Crippen LogP contribution in [0.5, 0.6) is 5.88 Å².